The van der Waals surface area contributed by atoms with Crippen LogP contribution in [-0.4, -0.2) is 44.7 Å². The second-order valence-electron chi connectivity index (χ2n) is 6.05. The van der Waals surface area contributed by atoms with E-state index in [9.17, 15) is 0 Å². The van der Waals surface area contributed by atoms with Crippen LogP contribution in [0.3, 0.4) is 0 Å². The van der Waals surface area contributed by atoms with Gasteiger partial charge in [0.25, 0.3) is 0 Å². The van der Waals surface area contributed by atoms with Gasteiger partial charge in [0.15, 0.2) is 0 Å². The highest BCUT2D eigenvalue weighted by Crippen LogP contribution is 2.29. The second-order valence-corrected chi connectivity index (χ2v) is 6.05. The van der Waals surface area contributed by atoms with Crippen LogP contribution in [0.15, 0.2) is 18.2 Å². The molecular formula is C16H25N3. The first kappa shape index (κ1) is 12.8. The number of benzene rings is 1. The molecule has 2 aliphatic heterocycles. The fourth-order valence-corrected chi connectivity index (χ4v) is 3.30. The molecule has 3 heteroatoms. The Morgan fingerprint density at radius 2 is 2.00 bits per heavy atom. The molecule has 104 valence electrons. The van der Waals surface area contributed by atoms with Crippen molar-refractivity contribution in [2.24, 2.45) is 0 Å². The van der Waals surface area contributed by atoms with Crippen molar-refractivity contribution >= 4 is 11.4 Å². The van der Waals surface area contributed by atoms with Gasteiger partial charge in [-0.15, -0.1) is 0 Å². The first-order valence-electron chi connectivity index (χ1n) is 7.52. The first-order valence-corrected chi connectivity index (χ1v) is 7.52. The molecule has 1 aromatic carbocycles. The zero-order valence-electron chi connectivity index (χ0n) is 12.2. The zero-order valence-corrected chi connectivity index (χ0v) is 12.2. The van der Waals surface area contributed by atoms with Crippen molar-refractivity contribution in [3.63, 3.8) is 0 Å². The molecule has 1 aromatic rings. The van der Waals surface area contributed by atoms with Crippen LogP contribution in [0.5, 0.6) is 0 Å². The Morgan fingerprint density at radius 3 is 2.74 bits per heavy atom. The second kappa shape index (κ2) is 5.41. The summed E-state index contributed by atoms with van der Waals surface area (Å²) in [4.78, 5) is 4.92. The first-order chi connectivity index (χ1) is 9.24. The Kier molecular flexibility index (Phi) is 3.65. The predicted molar refractivity (Wildman–Crippen MR) is 82.2 cm³/mol. The number of rotatable bonds is 2. The van der Waals surface area contributed by atoms with E-state index in [-0.39, 0.29) is 0 Å². The molecule has 0 aliphatic carbocycles. The van der Waals surface area contributed by atoms with Crippen molar-refractivity contribution in [2.45, 2.75) is 31.7 Å². The lowest BCUT2D eigenvalue weighted by Gasteiger charge is -2.37. The highest BCUT2D eigenvalue weighted by molar-refractivity contribution is 5.61. The van der Waals surface area contributed by atoms with E-state index in [4.69, 9.17) is 0 Å². The third kappa shape index (κ3) is 2.71. The highest BCUT2D eigenvalue weighted by atomic mass is 15.2. The van der Waals surface area contributed by atoms with E-state index in [0.29, 0.717) is 0 Å². The molecule has 3 rings (SSSR count). The molecule has 2 aliphatic rings. The smallest absolute Gasteiger partial charge is 0.0374 e. The predicted octanol–water partition coefficient (Wildman–Crippen LogP) is 2.58. The number of nitrogens with zero attached hydrogens (tertiary/aromatic N) is 2. The van der Waals surface area contributed by atoms with Crippen LogP contribution in [0.2, 0.25) is 0 Å². The standard InChI is InChI=1S/C16H25N3/c1-18(2)14-7-10-19(11-8-14)15-5-6-16-13(12-15)4-3-9-17-16/h5-6,12,14,17H,3-4,7-11H2,1-2H3. The number of hydrogen-bond donors (Lipinski definition) is 1. The minimum Gasteiger partial charge on any atom is -0.385 e. The fourth-order valence-electron chi connectivity index (χ4n) is 3.30. The summed E-state index contributed by atoms with van der Waals surface area (Å²) in [5.74, 6) is 0. The van der Waals surface area contributed by atoms with Crippen molar-refractivity contribution in [2.75, 3.05) is 43.9 Å². The van der Waals surface area contributed by atoms with Gasteiger partial charge in [0.2, 0.25) is 0 Å². The Hall–Kier alpha value is -1.22. The molecule has 0 aromatic heterocycles. The van der Waals surface area contributed by atoms with Gasteiger partial charge in [0.1, 0.15) is 0 Å². The Balaban J connectivity index is 1.70. The van der Waals surface area contributed by atoms with E-state index in [1.54, 1.807) is 0 Å². The minimum atomic E-state index is 0.760. The molecule has 19 heavy (non-hydrogen) atoms. The number of fused-ring (bicyclic) bond motifs is 1. The fraction of sp³-hybridized carbons (Fsp3) is 0.625. The summed E-state index contributed by atoms with van der Waals surface area (Å²) < 4.78 is 0. The average molecular weight is 259 g/mol. The van der Waals surface area contributed by atoms with Crippen molar-refractivity contribution in [1.82, 2.24) is 4.90 Å². The van der Waals surface area contributed by atoms with E-state index >= 15 is 0 Å². The number of hydrogen-bond acceptors (Lipinski definition) is 3. The van der Waals surface area contributed by atoms with Crippen LogP contribution in [-0.2, 0) is 6.42 Å². The SMILES string of the molecule is CN(C)C1CCN(c2ccc3c(c2)CCCN3)CC1. The molecule has 1 saturated heterocycles. The van der Waals surface area contributed by atoms with Crippen LogP contribution in [0.25, 0.3) is 0 Å². The van der Waals surface area contributed by atoms with Gasteiger partial charge < -0.3 is 15.1 Å². The molecule has 0 unspecified atom stereocenters. The van der Waals surface area contributed by atoms with E-state index in [2.05, 4.69) is 47.4 Å². The normalized spacial score (nSPS) is 20.3. The van der Waals surface area contributed by atoms with E-state index in [1.165, 1.54) is 55.7 Å². The van der Waals surface area contributed by atoms with Crippen LogP contribution >= 0.6 is 0 Å². The molecule has 0 atom stereocenters. The molecule has 0 bridgehead atoms. The molecular weight excluding hydrogens is 234 g/mol. The lowest BCUT2D eigenvalue weighted by molar-refractivity contribution is 0.249. The Bertz CT molecular complexity index is 434. The highest BCUT2D eigenvalue weighted by Gasteiger charge is 2.21. The van der Waals surface area contributed by atoms with E-state index in [1.807, 2.05) is 0 Å². The molecule has 1 N–H and O–H groups in total. The summed E-state index contributed by atoms with van der Waals surface area (Å²) in [6.07, 6.45) is 5.05. The molecule has 1 fully saturated rings. The van der Waals surface area contributed by atoms with Gasteiger partial charge in [0.05, 0.1) is 0 Å². The maximum Gasteiger partial charge on any atom is 0.0374 e. The molecule has 0 radical (unpaired) electrons. The van der Waals surface area contributed by atoms with Crippen molar-refractivity contribution in [3.8, 4) is 0 Å². The quantitative estimate of drug-likeness (QED) is 0.880. The van der Waals surface area contributed by atoms with Crippen molar-refractivity contribution in [1.29, 1.82) is 0 Å². The van der Waals surface area contributed by atoms with Crippen LogP contribution in [0.4, 0.5) is 11.4 Å². The lowest BCUT2D eigenvalue weighted by atomic mass is 10.00. The molecule has 0 saturated carbocycles. The summed E-state index contributed by atoms with van der Waals surface area (Å²) >= 11 is 0. The maximum atomic E-state index is 3.49. The third-order valence-corrected chi connectivity index (χ3v) is 4.59. The number of aryl methyl sites for hydroxylation is 1. The van der Waals surface area contributed by atoms with Gasteiger partial charge in [-0.3, -0.25) is 0 Å². The molecule has 0 amide bonds. The average Bonchev–Trinajstić information content (AvgIpc) is 2.47. The number of anilines is 2. The third-order valence-electron chi connectivity index (χ3n) is 4.59. The monoisotopic (exact) mass is 259 g/mol. The number of nitrogens with one attached hydrogen (secondary N) is 1. The maximum absolute atomic E-state index is 3.49. The van der Waals surface area contributed by atoms with Crippen molar-refractivity contribution < 1.29 is 0 Å². The van der Waals surface area contributed by atoms with Gasteiger partial charge in [-0.25, -0.2) is 0 Å². The minimum absolute atomic E-state index is 0.760. The zero-order chi connectivity index (χ0) is 13.2. The molecule has 3 nitrogen and oxygen atoms in total. The summed E-state index contributed by atoms with van der Waals surface area (Å²) in [6, 6.07) is 7.71. The van der Waals surface area contributed by atoms with Gasteiger partial charge in [0, 0.05) is 37.1 Å². The van der Waals surface area contributed by atoms with E-state index in [0.717, 1.165) is 12.6 Å². The van der Waals surface area contributed by atoms with Crippen molar-refractivity contribution in [3.05, 3.63) is 23.8 Å². The van der Waals surface area contributed by atoms with Gasteiger partial charge in [-0.1, -0.05) is 0 Å². The lowest BCUT2D eigenvalue weighted by Crippen LogP contribution is -2.42. The molecule has 0 spiro atoms. The van der Waals surface area contributed by atoms with E-state index < -0.39 is 0 Å². The van der Waals surface area contributed by atoms with Gasteiger partial charge in [-0.05, 0) is 63.5 Å². The summed E-state index contributed by atoms with van der Waals surface area (Å²) in [5.41, 5.74) is 4.26. The number of piperidine rings is 1. The summed E-state index contributed by atoms with van der Waals surface area (Å²) in [6.45, 7) is 3.50. The molecule has 2 heterocycles. The van der Waals surface area contributed by atoms with Crippen LogP contribution in [0.1, 0.15) is 24.8 Å². The van der Waals surface area contributed by atoms with Gasteiger partial charge >= 0.3 is 0 Å². The van der Waals surface area contributed by atoms with Crippen LogP contribution in [0, 0.1) is 0 Å². The largest absolute Gasteiger partial charge is 0.385 e. The summed E-state index contributed by atoms with van der Waals surface area (Å²) in [5, 5.41) is 3.49. The summed E-state index contributed by atoms with van der Waals surface area (Å²) in [7, 11) is 4.40. The Labute approximate surface area is 116 Å². The van der Waals surface area contributed by atoms with Gasteiger partial charge in [-0.2, -0.15) is 0 Å². The van der Waals surface area contributed by atoms with Crippen LogP contribution < -0.4 is 10.2 Å². The topological polar surface area (TPSA) is 18.5 Å². The Morgan fingerprint density at radius 1 is 1.21 bits per heavy atom.